The number of nitrogens with zero attached hydrogens (tertiary/aromatic N) is 1. The lowest BCUT2D eigenvalue weighted by molar-refractivity contribution is 0.215. The Bertz CT molecular complexity index is 329. The maximum atomic E-state index is 5.72. The first kappa shape index (κ1) is 15.0. The summed E-state index contributed by atoms with van der Waals surface area (Å²) in [6.45, 7) is 11.5. The van der Waals surface area contributed by atoms with Crippen LogP contribution in [0, 0.1) is 0 Å². The Morgan fingerprint density at radius 2 is 1.67 bits per heavy atom. The zero-order chi connectivity index (χ0) is 13.5. The SMILES string of the molecule is CCCN(CCC(C)c1ccc(N)cc1)C(C)C. The Hall–Kier alpha value is -1.02. The second kappa shape index (κ2) is 7.42. The van der Waals surface area contributed by atoms with Gasteiger partial charge in [-0.2, -0.15) is 0 Å². The molecule has 0 aliphatic rings. The number of benzene rings is 1. The topological polar surface area (TPSA) is 29.3 Å². The van der Waals surface area contributed by atoms with E-state index >= 15 is 0 Å². The third kappa shape index (κ3) is 4.69. The van der Waals surface area contributed by atoms with Gasteiger partial charge in [-0.25, -0.2) is 0 Å². The Kier molecular flexibility index (Phi) is 6.20. The normalized spacial score (nSPS) is 13.2. The van der Waals surface area contributed by atoms with Gasteiger partial charge in [0.2, 0.25) is 0 Å². The van der Waals surface area contributed by atoms with Crippen molar-refractivity contribution in [2.75, 3.05) is 18.8 Å². The molecule has 0 radical (unpaired) electrons. The average Bonchev–Trinajstić information content (AvgIpc) is 2.34. The van der Waals surface area contributed by atoms with E-state index < -0.39 is 0 Å². The predicted octanol–water partition coefficient (Wildman–Crippen LogP) is 3.88. The highest BCUT2D eigenvalue weighted by Crippen LogP contribution is 2.20. The zero-order valence-corrected chi connectivity index (χ0v) is 12.3. The third-order valence-electron chi connectivity index (χ3n) is 3.60. The van der Waals surface area contributed by atoms with Crippen molar-refractivity contribution >= 4 is 5.69 Å². The Labute approximate surface area is 112 Å². The van der Waals surface area contributed by atoms with Crippen LogP contribution in [-0.4, -0.2) is 24.0 Å². The summed E-state index contributed by atoms with van der Waals surface area (Å²) in [5, 5.41) is 0. The Morgan fingerprint density at radius 1 is 1.06 bits per heavy atom. The monoisotopic (exact) mass is 248 g/mol. The largest absolute Gasteiger partial charge is 0.399 e. The second-order valence-electron chi connectivity index (χ2n) is 5.49. The van der Waals surface area contributed by atoms with E-state index in [1.807, 2.05) is 12.1 Å². The summed E-state index contributed by atoms with van der Waals surface area (Å²) in [6, 6.07) is 8.94. The molecule has 1 aromatic rings. The van der Waals surface area contributed by atoms with Crippen LogP contribution in [0.1, 0.15) is 52.0 Å². The fraction of sp³-hybridized carbons (Fsp3) is 0.625. The lowest BCUT2D eigenvalue weighted by atomic mass is 9.97. The van der Waals surface area contributed by atoms with Gasteiger partial charge >= 0.3 is 0 Å². The van der Waals surface area contributed by atoms with Crippen molar-refractivity contribution in [3.8, 4) is 0 Å². The maximum Gasteiger partial charge on any atom is 0.0314 e. The smallest absolute Gasteiger partial charge is 0.0314 e. The van der Waals surface area contributed by atoms with Gasteiger partial charge < -0.3 is 10.6 Å². The summed E-state index contributed by atoms with van der Waals surface area (Å²) >= 11 is 0. The molecule has 0 saturated heterocycles. The van der Waals surface area contributed by atoms with Gasteiger partial charge in [0, 0.05) is 11.7 Å². The molecule has 2 nitrogen and oxygen atoms in total. The highest BCUT2D eigenvalue weighted by Gasteiger charge is 2.11. The van der Waals surface area contributed by atoms with Gasteiger partial charge in [-0.1, -0.05) is 26.0 Å². The van der Waals surface area contributed by atoms with Crippen LogP contribution in [0.4, 0.5) is 5.69 Å². The first-order valence-corrected chi connectivity index (χ1v) is 7.14. The fourth-order valence-corrected chi connectivity index (χ4v) is 2.27. The molecule has 1 atom stereocenters. The molecule has 1 rings (SSSR count). The Balaban J connectivity index is 2.48. The number of hydrogen-bond acceptors (Lipinski definition) is 2. The molecule has 0 aliphatic heterocycles. The van der Waals surface area contributed by atoms with E-state index in [1.165, 1.54) is 31.5 Å². The van der Waals surface area contributed by atoms with Crippen LogP contribution < -0.4 is 5.73 Å². The summed E-state index contributed by atoms with van der Waals surface area (Å²) in [7, 11) is 0. The van der Waals surface area contributed by atoms with Gasteiger partial charge in [0.1, 0.15) is 0 Å². The van der Waals surface area contributed by atoms with Gasteiger partial charge in [0.05, 0.1) is 0 Å². The quantitative estimate of drug-likeness (QED) is 0.742. The van der Waals surface area contributed by atoms with Crippen LogP contribution in [0.15, 0.2) is 24.3 Å². The van der Waals surface area contributed by atoms with Gasteiger partial charge in [-0.15, -0.1) is 0 Å². The van der Waals surface area contributed by atoms with Crippen molar-refractivity contribution in [2.45, 2.75) is 52.5 Å². The molecular weight excluding hydrogens is 220 g/mol. The molecule has 1 unspecified atom stereocenters. The maximum absolute atomic E-state index is 5.72. The van der Waals surface area contributed by atoms with Gasteiger partial charge in [0.25, 0.3) is 0 Å². The summed E-state index contributed by atoms with van der Waals surface area (Å²) < 4.78 is 0. The molecule has 0 fully saturated rings. The van der Waals surface area contributed by atoms with Gasteiger partial charge in [0.15, 0.2) is 0 Å². The molecule has 1 aromatic carbocycles. The lowest BCUT2D eigenvalue weighted by Crippen LogP contribution is -2.33. The van der Waals surface area contributed by atoms with Crippen LogP contribution >= 0.6 is 0 Å². The minimum absolute atomic E-state index is 0.601. The highest BCUT2D eigenvalue weighted by atomic mass is 15.1. The summed E-state index contributed by atoms with van der Waals surface area (Å²) in [4.78, 5) is 2.56. The van der Waals surface area contributed by atoms with Crippen LogP contribution in [0.25, 0.3) is 0 Å². The van der Waals surface area contributed by atoms with E-state index in [4.69, 9.17) is 5.73 Å². The number of hydrogen-bond donors (Lipinski definition) is 1. The Morgan fingerprint density at radius 3 is 2.17 bits per heavy atom. The molecule has 0 spiro atoms. The number of nitrogen functional groups attached to an aromatic ring is 1. The third-order valence-corrected chi connectivity index (χ3v) is 3.60. The minimum Gasteiger partial charge on any atom is -0.399 e. The summed E-state index contributed by atoms with van der Waals surface area (Å²) in [5.41, 5.74) is 7.96. The molecule has 0 saturated carbocycles. The van der Waals surface area contributed by atoms with E-state index in [0.29, 0.717) is 12.0 Å². The number of anilines is 1. The number of rotatable bonds is 7. The summed E-state index contributed by atoms with van der Waals surface area (Å²) in [5.74, 6) is 0.601. The van der Waals surface area contributed by atoms with E-state index in [9.17, 15) is 0 Å². The minimum atomic E-state index is 0.601. The lowest BCUT2D eigenvalue weighted by Gasteiger charge is -2.27. The molecule has 18 heavy (non-hydrogen) atoms. The highest BCUT2D eigenvalue weighted by molar-refractivity contribution is 5.40. The number of nitrogens with two attached hydrogens (primary N) is 1. The second-order valence-corrected chi connectivity index (χ2v) is 5.49. The molecular formula is C16H28N2. The fourth-order valence-electron chi connectivity index (χ4n) is 2.27. The van der Waals surface area contributed by atoms with Gasteiger partial charge in [-0.3, -0.25) is 0 Å². The molecule has 2 N–H and O–H groups in total. The molecule has 102 valence electrons. The van der Waals surface area contributed by atoms with Crippen LogP contribution in [0.3, 0.4) is 0 Å². The molecule has 0 bridgehead atoms. The van der Waals surface area contributed by atoms with E-state index in [2.05, 4.69) is 44.7 Å². The van der Waals surface area contributed by atoms with Crippen molar-refractivity contribution in [3.05, 3.63) is 29.8 Å². The molecule has 2 heteroatoms. The van der Waals surface area contributed by atoms with Crippen molar-refractivity contribution in [2.24, 2.45) is 0 Å². The van der Waals surface area contributed by atoms with Crippen LogP contribution in [-0.2, 0) is 0 Å². The first-order valence-electron chi connectivity index (χ1n) is 7.14. The van der Waals surface area contributed by atoms with E-state index in [1.54, 1.807) is 0 Å². The molecule has 0 aliphatic carbocycles. The van der Waals surface area contributed by atoms with Crippen LogP contribution in [0.2, 0.25) is 0 Å². The van der Waals surface area contributed by atoms with Crippen molar-refractivity contribution < 1.29 is 0 Å². The predicted molar refractivity (Wildman–Crippen MR) is 80.9 cm³/mol. The van der Waals surface area contributed by atoms with Crippen molar-refractivity contribution in [1.29, 1.82) is 0 Å². The zero-order valence-electron chi connectivity index (χ0n) is 12.3. The van der Waals surface area contributed by atoms with Gasteiger partial charge in [-0.05, 0) is 63.4 Å². The van der Waals surface area contributed by atoms with E-state index in [-0.39, 0.29) is 0 Å². The summed E-state index contributed by atoms with van der Waals surface area (Å²) in [6.07, 6.45) is 2.44. The first-order chi connectivity index (χ1) is 8.54. The van der Waals surface area contributed by atoms with Crippen molar-refractivity contribution in [1.82, 2.24) is 4.90 Å². The van der Waals surface area contributed by atoms with E-state index in [0.717, 1.165) is 5.69 Å². The molecule has 0 amide bonds. The average molecular weight is 248 g/mol. The molecule has 0 aromatic heterocycles. The van der Waals surface area contributed by atoms with Crippen LogP contribution in [0.5, 0.6) is 0 Å². The molecule has 0 heterocycles. The standard InChI is InChI=1S/C16H28N2/c1-5-11-18(13(2)3)12-10-14(4)15-6-8-16(17)9-7-15/h6-9,13-14H,5,10-12,17H2,1-4H3. The van der Waals surface area contributed by atoms with Crippen molar-refractivity contribution in [3.63, 3.8) is 0 Å².